The monoisotopic (exact) mass is 502 g/mol. The van der Waals surface area contributed by atoms with Gasteiger partial charge in [0, 0.05) is 23.7 Å². The van der Waals surface area contributed by atoms with Crippen molar-refractivity contribution in [3.8, 4) is 5.75 Å². The molecule has 0 aromatic heterocycles. The van der Waals surface area contributed by atoms with Crippen LogP contribution in [0.4, 0.5) is 5.69 Å². The van der Waals surface area contributed by atoms with Gasteiger partial charge in [0.1, 0.15) is 0 Å². The van der Waals surface area contributed by atoms with E-state index in [9.17, 15) is 4.79 Å². The zero-order valence-corrected chi connectivity index (χ0v) is 22.9. The van der Waals surface area contributed by atoms with Crippen molar-refractivity contribution in [3.63, 3.8) is 0 Å². The minimum Gasteiger partial charge on any atom is -0.492 e. The van der Waals surface area contributed by atoms with E-state index in [2.05, 4.69) is 70.4 Å². The topological polar surface area (TPSA) is 82.8 Å². The predicted octanol–water partition coefficient (Wildman–Crippen LogP) is 6.35. The first kappa shape index (κ1) is 26.6. The molecule has 4 rings (SSSR count). The number of anilines is 1. The highest BCUT2D eigenvalue weighted by Gasteiger charge is 2.27. The van der Waals surface area contributed by atoms with E-state index in [-0.39, 0.29) is 29.1 Å². The van der Waals surface area contributed by atoms with Crippen molar-refractivity contribution >= 4 is 17.0 Å². The number of hydrogen-bond donors (Lipinski definition) is 2. The Hall–Kier alpha value is -3.51. The standard InChI is InChI=1S/C31H38N2O4/c1-8-19-16-33-37-26-13-20(9-10-23(19)26)29(22-14-27(35-6)31(34)28(15-22)36-7)21-11-24(17(2)3)30(32)25(12-21)18(4)5/h9-15,17-19,33H,8,16,32H2,1-7H3. The fraction of sp³-hybridized carbons (Fsp3) is 0.387. The number of ketones is 1. The lowest BCUT2D eigenvalue weighted by Gasteiger charge is -2.27. The Morgan fingerprint density at radius 2 is 1.59 bits per heavy atom. The number of nitrogen functional groups attached to an aromatic ring is 1. The van der Waals surface area contributed by atoms with Crippen LogP contribution in [0.15, 0.2) is 59.6 Å². The molecule has 0 bridgehead atoms. The molecule has 0 fully saturated rings. The van der Waals surface area contributed by atoms with Gasteiger partial charge in [-0.15, -0.1) is 0 Å². The van der Waals surface area contributed by atoms with Crippen molar-refractivity contribution in [3.05, 3.63) is 87.4 Å². The number of nitrogens with one attached hydrogen (secondary N) is 1. The van der Waals surface area contributed by atoms with Gasteiger partial charge in [-0.3, -0.25) is 4.79 Å². The summed E-state index contributed by atoms with van der Waals surface area (Å²) in [6.45, 7) is 11.6. The molecule has 0 spiro atoms. The lowest BCUT2D eigenvalue weighted by molar-refractivity contribution is -0.117. The molecule has 1 aliphatic heterocycles. The fourth-order valence-corrected chi connectivity index (χ4v) is 5.13. The molecule has 0 saturated heterocycles. The summed E-state index contributed by atoms with van der Waals surface area (Å²) < 4.78 is 10.9. The van der Waals surface area contributed by atoms with E-state index in [0.29, 0.717) is 5.92 Å². The van der Waals surface area contributed by atoms with E-state index in [1.54, 1.807) is 12.2 Å². The molecule has 2 aliphatic rings. The molecular formula is C31H38N2O4. The largest absolute Gasteiger partial charge is 0.492 e. The average Bonchev–Trinajstić information content (AvgIpc) is 2.89. The van der Waals surface area contributed by atoms with Crippen LogP contribution >= 0.6 is 0 Å². The zero-order chi connectivity index (χ0) is 26.9. The molecule has 1 heterocycles. The van der Waals surface area contributed by atoms with E-state index >= 15 is 0 Å². The van der Waals surface area contributed by atoms with Crippen molar-refractivity contribution in [1.82, 2.24) is 5.48 Å². The lowest BCUT2D eigenvalue weighted by atomic mass is 9.83. The van der Waals surface area contributed by atoms with Gasteiger partial charge in [0.05, 0.1) is 14.2 Å². The smallest absolute Gasteiger partial charge is 0.261 e. The third kappa shape index (κ3) is 5.03. The van der Waals surface area contributed by atoms with Crippen molar-refractivity contribution in [1.29, 1.82) is 0 Å². The fourth-order valence-electron chi connectivity index (χ4n) is 5.13. The SMILES string of the molecule is CCC1CNOc2cc(C(=C3C=C(OC)C(=O)C(OC)=C3)c3cc(C(C)C)c(N)c(C(C)C)c3)ccc21. The molecule has 0 saturated carbocycles. The summed E-state index contributed by atoms with van der Waals surface area (Å²) in [4.78, 5) is 18.7. The molecule has 6 heteroatoms. The molecule has 3 N–H and O–H groups in total. The van der Waals surface area contributed by atoms with Crippen LogP contribution in [0.25, 0.3) is 5.57 Å². The summed E-state index contributed by atoms with van der Waals surface area (Å²) in [7, 11) is 3.00. The Bertz CT molecular complexity index is 1250. The molecule has 1 aliphatic carbocycles. The highest BCUT2D eigenvalue weighted by atomic mass is 16.6. The molecule has 2 aromatic rings. The van der Waals surface area contributed by atoms with Gasteiger partial charge in [0.2, 0.25) is 0 Å². The summed E-state index contributed by atoms with van der Waals surface area (Å²) in [6.07, 6.45) is 4.59. The number of carbonyl (C=O) groups is 1. The highest BCUT2D eigenvalue weighted by Crippen LogP contribution is 2.41. The number of fused-ring (bicyclic) bond motifs is 1. The van der Waals surface area contributed by atoms with Gasteiger partial charge in [0.15, 0.2) is 17.3 Å². The van der Waals surface area contributed by atoms with Crippen LogP contribution in [0.5, 0.6) is 5.75 Å². The number of nitrogens with two attached hydrogens (primary N) is 1. The number of ether oxygens (including phenoxy) is 2. The first-order chi connectivity index (χ1) is 17.7. The number of hydroxylamine groups is 1. The summed E-state index contributed by atoms with van der Waals surface area (Å²) in [5.74, 6) is 1.88. The maximum absolute atomic E-state index is 12.8. The van der Waals surface area contributed by atoms with Crippen LogP contribution in [0, 0.1) is 0 Å². The van der Waals surface area contributed by atoms with Crippen LogP contribution in [-0.4, -0.2) is 26.5 Å². The number of rotatable bonds is 7. The van der Waals surface area contributed by atoms with Gasteiger partial charge in [0.25, 0.3) is 5.78 Å². The highest BCUT2D eigenvalue weighted by molar-refractivity contribution is 6.08. The number of hydrogen-bond acceptors (Lipinski definition) is 6. The number of methoxy groups -OCH3 is 2. The van der Waals surface area contributed by atoms with Crippen molar-refractivity contribution in [2.45, 2.75) is 58.8 Å². The van der Waals surface area contributed by atoms with Crippen LogP contribution < -0.4 is 16.1 Å². The minimum absolute atomic E-state index is 0.234. The average molecular weight is 503 g/mol. The van der Waals surface area contributed by atoms with Gasteiger partial charge in [-0.2, -0.15) is 5.48 Å². The van der Waals surface area contributed by atoms with Gasteiger partial charge in [-0.1, -0.05) is 46.8 Å². The Labute approximate surface area is 220 Å². The molecule has 6 nitrogen and oxygen atoms in total. The van der Waals surface area contributed by atoms with Crippen LogP contribution in [0.1, 0.15) is 86.6 Å². The second-order valence-corrected chi connectivity index (χ2v) is 10.3. The Morgan fingerprint density at radius 3 is 2.11 bits per heavy atom. The summed E-state index contributed by atoms with van der Waals surface area (Å²) in [5, 5.41) is 0. The molecule has 0 amide bonds. The Kier molecular flexibility index (Phi) is 7.79. The molecule has 1 unspecified atom stereocenters. The second kappa shape index (κ2) is 10.9. The summed E-state index contributed by atoms with van der Waals surface area (Å²) >= 11 is 0. The third-order valence-corrected chi connectivity index (χ3v) is 7.27. The second-order valence-electron chi connectivity index (χ2n) is 10.3. The molecule has 1 atom stereocenters. The molecule has 196 valence electrons. The van der Waals surface area contributed by atoms with E-state index in [1.807, 2.05) is 0 Å². The van der Waals surface area contributed by atoms with Crippen molar-refractivity contribution in [2.24, 2.45) is 0 Å². The van der Waals surface area contributed by atoms with E-state index in [0.717, 1.165) is 57.8 Å². The summed E-state index contributed by atoms with van der Waals surface area (Å²) in [5.41, 5.74) is 17.7. The predicted molar refractivity (Wildman–Crippen MR) is 148 cm³/mol. The third-order valence-electron chi connectivity index (χ3n) is 7.27. The number of benzene rings is 2. The first-order valence-electron chi connectivity index (χ1n) is 13.0. The molecule has 2 aromatic carbocycles. The Balaban J connectivity index is 2.05. The minimum atomic E-state index is -0.278. The van der Waals surface area contributed by atoms with Crippen LogP contribution in [0.2, 0.25) is 0 Å². The quantitative estimate of drug-likeness (QED) is 0.429. The normalized spacial score (nSPS) is 17.3. The van der Waals surface area contributed by atoms with E-state index in [4.69, 9.17) is 20.0 Å². The number of carbonyl (C=O) groups excluding carboxylic acids is 1. The lowest BCUT2D eigenvalue weighted by Crippen LogP contribution is -2.30. The van der Waals surface area contributed by atoms with E-state index in [1.165, 1.54) is 19.8 Å². The maximum Gasteiger partial charge on any atom is 0.261 e. The molecule has 0 radical (unpaired) electrons. The number of Topliss-reactive ketones (excluding diaryl/α,β-unsaturated/α-hetero) is 1. The Morgan fingerprint density at radius 1 is 1.00 bits per heavy atom. The van der Waals surface area contributed by atoms with E-state index < -0.39 is 0 Å². The van der Waals surface area contributed by atoms with Gasteiger partial charge < -0.3 is 20.0 Å². The maximum atomic E-state index is 12.8. The van der Waals surface area contributed by atoms with Gasteiger partial charge >= 0.3 is 0 Å². The van der Waals surface area contributed by atoms with Crippen molar-refractivity contribution in [2.75, 3.05) is 26.5 Å². The van der Waals surface area contributed by atoms with Crippen LogP contribution in [0.3, 0.4) is 0 Å². The molecular weight excluding hydrogens is 464 g/mol. The van der Waals surface area contributed by atoms with Crippen LogP contribution in [-0.2, 0) is 14.3 Å². The number of allylic oxidation sites excluding steroid dienone is 3. The van der Waals surface area contributed by atoms with Crippen molar-refractivity contribution < 1.29 is 19.1 Å². The first-order valence-corrected chi connectivity index (χ1v) is 13.0. The zero-order valence-electron chi connectivity index (χ0n) is 22.9. The van der Waals surface area contributed by atoms with Gasteiger partial charge in [-0.05, 0) is 82.0 Å². The molecule has 37 heavy (non-hydrogen) atoms. The van der Waals surface area contributed by atoms with Gasteiger partial charge in [-0.25, -0.2) is 0 Å². The summed E-state index contributed by atoms with van der Waals surface area (Å²) in [6, 6.07) is 10.7.